The minimum atomic E-state index is 0.627. The molecule has 2 heteroatoms. The smallest absolute Gasteiger partial charge is 0.0375 e. The Hall–Kier alpha value is -0.890. The van der Waals surface area contributed by atoms with Crippen molar-refractivity contribution in [2.75, 3.05) is 13.6 Å². The Kier molecular flexibility index (Phi) is 2.32. The van der Waals surface area contributed by atoms with E-state index in [4.69, 9.17) is 0 Å². The van der Waals surface area contributed by atoms with Crippen LogP contribution < -0.4 is 0 Å². The van der Waals surface area contributed by atoms with E-state index in [0.717, 1.165) is 5.69 Å². The maximum Gasteiger partial charge on any atom is 0.0375 e. The topological polar surface area (TPSA) is 16.1 Å². The van der Waals surface area contributed by atoms with Gasteiger partial charge in [-0.05, 0) is 51.1 Å². The molecule has 13 heavy (non-hydrogen) atoms. The van der Waals surface area contributed by atoms with Gasteiger partial charge >= 0.3 is 0 Å². The molecule has 0 aromatic carbocycles. The quantitative estimate of drug-likeness (QED) is 0.652. The van der Waals surface area contributed by atoms with Crippen LogP contribution >= 0.6 is 0 Å². The Bertz CT molecular complexity index is 296. The lowest BCUT2D eigenvalue weighted by molar-refractivity contribution is 0.317. The second kappa shape index (κ2) is 3.46. The van der Waals surface area contributed by atoms with Gasteiger partial charge in [-0.25, -0.2) is 0 Å². The van der Waals surface area contributed by atoms with E-state index in [1.165, 1.54) is 24.9 Å². The molecule has 0 radical (unpaired) electrons. The van der Waals surface area contributed by atoms with Crippen LogP contribution in [0, 0.1) is 6.92 Å². The van der Waals surface area contributed by atoms with Crippen LogP contribution in [-0.2, 0) is 0 Å². The van der Waals surface area contributed by atoms with E-state index in [1.54, 1.807) is 0 Å². The van der Waals surface area contributed by atoms with Gasteiger partial charge < -0.3 is 0 Å². The second-order valence-corrected chi connectivity index (χ2v) is 3.87. The summed E-state index contributed by atoms with van der Waals surface area (Å²) < 4.78 is 0. The molecular formula is C11H16N2. The molecule has 1 aliphatic heterocycles. The number of rotatable bonds is 1. The molecule has 0 N–H and O–H groups in total. The van der Waals surface area contributed by atoms with Crippen molar-refractivity contribution in [2.24, 2.45) is 0 Å². The molecule has 0 bridgehead atoms. The van der Waals surface area contributed by atoms with Crippen LogP contribution in [0.25, 0.3) is 0 Å². The summed E-state index contributed by atoms with van der Waals surface area (Å²) in [4.78, 5) is 6.64. The van der Waals surface area contributed by atoms with Gasteiger partial charge in [0.1, 0.15) is 0 Å². The molecule has 0 saturated carbocycles. The first kappa shape index (κ1) is 8.70. The zero-order valence-electron chi connectivity index (χ0n) is 8.33. The highest BCUT2D eigenvalue weighted by atomic mass is 15.1. The summed E-state index contributed by atoms with van der Waals surface area (Å²) in [6.45, 7) is 3.28. The summed E-state index contributed by atoms with van der Waals surface area (Å²) in [5, 5.41) is 0. The van der Waals surface area contributed by atoms with Crippen molar-refractivity contribution in [2.45, 2.75) is 25.8 Å². The van der Waals surface area contributed by atoms with Gasteiger partial charge in [0.2, 0.25) is 0 Å². The predicted octanol–water partition coefficient (Wildman–Crippen LogP) is 2.16. The third-order valence-electron chi connectivity index (χ3n) is 2.83. The Morgan fingerprint density at radius 1 is 1.54 bits per heavy atom. The molecule has 2 heterocycles. The maximum absolute atomic E-state index is 4.22. The molecule has 1 aromatic heterocycles. The minimum absolute atomic E-state index is 0.627. The average molecular weight is 176 g/mol. The standard InChI is InChI=1S/C11H16N2/c1-9-8-10(5-6-12-9)11-4-3-7-13(11)2/h5-6,8,11H,3-4,7H2,1-2H3. The first-order valence-corrected chi connectivity index (χ1v) is 4.90. The molecule has 0 aliphatic carbocycles. The molecule has 1 aromatic rings. The monoisotopic (exact) mass is 176 g/mol. The molecule has 70 valence electrons. The zero-order valence-corrected chi connectivity index (χ0v) is 8.33. The Morgan fingerprint density at radius 3 is 3.00 bits per heavy atom. The lowest BCUT2D eigenvalue weighted by Crippen LogP contribution is -2.17. The van der Waals surface area contributed by atoms with Crippen molar-refractivity contribution < 1.29 is 0 Å². The number of likely N-dealkylation sites (tertiary alicyclic amines) is 1. The molecule has 1 saturated heterocycles. The SMILES string of the molecule is Cc1cc(C2CCCN2C)ccn1. The van der Waals surface area contributed by atoms with Crippen molar-refractivity contribution in [3.8, 4) is 0 Å². The number of aromatic nitrogens is 1. The lowest BCUT2D eigenvalue weighted by atomic mass is 10.1. The number of hydrogen-bond acceptors (Lipinski definition) is 2. The van der Waals surface area contributed by atoms with E-state index in [-0.39, 0.29) is 0 Å². The molecule has 0 spiro atoms. The fourth-order valence-electron chi connectivity index (χ4n) is 2.11. The van der Waals surface area contributed by atoms with Gasteiger partial charge in [-0.15, -0.1) is 0 Å². The van der Waals surface area contributed by atoms with E-state index in [2.05, 4.69) is 36.0 Å². The fourth-order valence-corrected chi connectivity index (χ4v) is 2.11. The fraction of sp³-hybridized carbons (Fsp3) is 0.545. The first-order valence-electron chi connectivity index (χ1n) is 4.90. The summed E-state index contributed by atoms with van der Waals surface area (Å²) in [6.07, 6.45) is 4.53. The van der Waals surface area contributed by atoms with Crippen LogP contribution in [0.2, 0.25) is 0 Å². The number of hydrogen-bond donors (Lipinski definition) is 0. The zero-order chi connectivity index (χ0) is 9.26. The first-order chi connectivity index (χ1) is 6.27. The summed E-state index contributed by atoms with van der Waals surface area (Å²) in [5.74, 6) is 0. The Morgan fingerprint density at radius 2 is 2.38 bits per heavy atom. The van der Waals surface area contributed by atoms with E-state index >= 15 is 0 Å². The van der Waals surface area contributed by atoms with Crippen LogP contribution in [0.15, 0.2) is 18.3 Å². The average Bonchev–Trinajstić information content (AvgIpc) is 2.51. The number of aryl methyl sites for hydroxylation is 1. The van der Waals surface area contributed by atoms with Crippen LogP contribution in [0.4, 0.5) is 0 Å². The third kappa shape index (κ3) is 1.73. The normalized spacial score (nSPS) is 23.7. The van der Waals surface area contributed by atoms with Crippen LogP contribution in [0.5, 0.6) is 0 Å². The molecule has 2 rings (SSSR count). The van der Waals surface area contributed by atoms with Crippen LogP contribution in [-0.4, -0.2) is 23.5 Å². The van der Waals surface area contributed by atoms with Gasteiger partial charge in [-0.3, -0.25) is 9.88 Å². The molecule has 0 amide bonds. The van der Waals surface area contributed by atoms with E-state index in [0.29, 0.717) is 6.04 Å². The number of pyridine rings is 1. The van der Waals surface area contributed by atoms with Crippen molar-refractivity contribution in [1.82, 2.24) is 9.88 Å². The molecular weight excluding hydrogens is 160 g/mol. The highest BCUT2D eigenvalue weighted by Gasteiger charge is 2.22. The van der Waals surface area contributed by atoms with E-state index in [9.17, 15) is 0 Å². The highest BCUT2D eigenvalue weighted by molar-refractivity contribution is 5.20. The van der Waals surface area contributed by atoms with Crippen molar-refractivity contribution in [1.29, 1.82) is 0 Å². The maximum atomic E-state index is 4.22. The summed E-state index contributed by atoms with van der Waals surface area (Å²) in [6, 6.07) is 4.97. The molecule has 2 nitrogen and oxygen atoms in total. The predicted molar refractivity (Wildman–Crippen MR) is 53.6 cm³/mol. The molecule has 1 aliphatic rings. The van der Waals surface area contributed by atoms with Crippen molar-refractivity contribution in [3.05, 3.63) is 29.6 Å². The number of nitrogens with zero attached hydrogens (tertiary/aromatic N) is 2. The van der Waals surface area contributed by atoms with Gasteiger partial charge in [-0.2, -0.15) is 0 Å². The summed E-state index contributed by atoms with van der Waals surface area (Å²) in [5.41, 5.74) is 2.55. The van der Waals surface area contributed by atoms with E-state index in [1.807, 2.05) is 6.20 Å². The largest absolute Gasteiger partial charge is 0.299 e. The van der Waals surface area contributed by atoms with Crippen molar-refractivity contribution >= 4 is 0 Å². The van der Waals surface area contributed by atoms with Gasteiger partial charge in [0.15, 0.2) is 0 Å². The van der Waals surface area contributed by atoms with Gasteiger partial charge in [-0.1, -0.05) is 0 Å². The lowest BCUT2D eigenvalue weighted by Gasteiger charge is -2.19. The van der Waals surface area contributed by atoms with Gasteiger partial charge in [0, 0.05) is 17.9 Å². The van der Waals surface area contributed by atoms with Gasteiger partial charge in [0.25, 0.3) is 0 Å². The summed E-state index contributed by atoms with van der Waals surface area (Å²) >= 11 is 0. The van der Waals surface area contributed by atoms with Crippen LogP contribution in [0.1, 0.15) is 30.1 Å². The second-order valence-electron chi connectivity index (χ2n) is 3.87. The molecule has 1 atom stereocenters. The Labute approximate surface area is 79.6 Å². The Balaban J connectivity index is 2.24. The highest BCUT2D eigenvalue weighted by Crippen LogP contribution is 2.29. The van der Waals surface area contributed by atoms with E-state index < -0.39 is 0 Å². The summed E-state index contributed by atoms with van der Waals surface area (Å²) in [7, 11) is 2.20. The van der Waals surface area contributed by atoms with Gasteiger partial charge in [0.05, 0.1) is 0 Å². The molecule has 1 unspecified atom stereocenters. The third-order valence-corrected chi connectivity index (χ3v) is 2.83. The molecule has 1 fully saturated rings. The minimum Gasteiger partial charge on any atom is -0.299 e. The van der Waals surface area contributed by atoms with Crippen LogP contribution in [0.3, 0.4) is 0 Å². The van der Waals surface area contributed by atoms with Crippen molar-refractivity contribution in [3.63, 3.8) is 0 Å².